The number of halogens is 1. The topological polar surface area (TPSA) is 81.6 Å². The fourth-order valence-electron chi connectivity index (χ4n) is 4.75. The molecule has 1 aromatic carbocycles. The molecule has 1 unspecified atom stereocenters. The van der Waals surface area contributed by atoms with Crippen molar-refractivity contribution in [2.75, 3.05) is 26.0 Å². The molecule has 0 N–H and O–H groups in total. The number of benzene rings is 1. The van der Waals surface area contributed by atoms with Crippen molar-refractivity contribution >= 4 is 20.7 Å². The first-order valence-electron chi connectivity index (χ1n) is 11.4. The summed E-state index contributed by atoms with van der Waals surface area (Å²) < 4.78 is 50.8. The predicted octanol–water partition coefficient (Wildman–Crippen LogP) is 3.94. The minimum absolute atomic E-state index is 0.0509. The van der Waals surface area contributed by atoms with Gasteiger partial charge in [0.1, 0.15) is 12.3 Å². The van der Waals surface area contributed by atoms with E-state index in [0.717, 1.165) is 49.8 Å². The van der Waals surface area contributed by atoms with Crippen LogP contribution in [0.3, 0.4) is 0 Å². The van der Waals surface area contributed by atoms with Crippen molar-refractivity contribution in [3.8, 4) is 16.9 Å². The van der Waals surface area contributed by atoms with E-state index in [-0.39, 0.29) is 23.1 Å². The normalized spacial score (nSPS) is 21.7. The van der Waals surface area contributed by atoms with Crippen LogP contribution in [0.15, 0.2) is 41.7 Å². The van der Waals surface area contributed by atoms with Gasteiger partial charge >= 0.3 is 0 Å². The van der Waals surface area contributed by atoms with Crippen LogP contribution in [0.25, 0.3) is 22.0 Å². The summed E-state index contributed by atoms with van der Waals surface area (Å²) in [5, 5.41) is 0.766. The average Bonchev–Trinajstić information content (AvgIpc) is 3.27. The van der Waals surface area contributed by atoms with E-state index in [1.807, 2.05) is 6.07 Å². The van der Waals surface area contributed by atoms with Gasteiger partial charge in [0.25, 0.3) is 0 Å². The molecule has 2 atom stereocenters. The number of hydrogen-bond acceptors (Lipinski definition) is 7. The molecular weight excluding hydrogens is 457 g/mol. The van der Waals surface area contributed by atoms with E-state index in [1.54, 1.807) is 25.3 Å². The van der Waals surface area contributed by atoms with Crippen LogP contribution >= 0.6 is 0 Å². The molecule has 5 rings (SSSR count). The second-order valence-corrected chi connectivity index (χ2v) is 10.9. The van der Waals surface area contributed by atoms with Crippen molar-refractivity contribution in [2.45, 2.75) is 43.5 Å². The highest BCUT2D eigenvalue weighted by Gasteiger charge is 2.31. The molecule has 0 spiro atoms. The van der Waals surface area contributed by atoms with Gasteiger partial charge in [-0.05, 0) is 61.9 Å². The van der Waals surface area contributed by atoms with Gasteiger partial charge in [0.05, 0.1) is 5.52 Å². The van der Waals surface area contributed by atoms with Gasteiger partial charge in [-0.25, -0.2) is 17.8 Å². The highest BCUT2D eigenvalue weighted by Crippen LogP contribution is 2.34. The minimum Gasteiger partial charge on any atom is -0.486 e. The Balaban J connectivity index is 1.43. The van der Waals surface area contributed by atoms with Crippen molar-refractivity contribution in [3.05, 3.63) is 54.5 Å². The monoisotopic (exact) mass is 484 g/mol. The lowest BCUT2D eigenvalue weighted by Crippen LogP contribution is -2.39. The Morgan fingerprint density at radius 1 is 1.24 bits per heavy atom. The smallest absolute Gasteiger partial charge is 0.193 e. The maximum Gasteiger partial charge on any atom is 0.193 e. The van der Waals surface area contributed by atoms with Crippen LogP contribution in [0.4, 0.5) is 4.39 Å². The molecule has 2 aromatic heterocycles. The number of fused-ring (bicyclic) bond motifs is 1. The van der Waals surface area contributed by atoms with Gasteiger partial charge in [0.15, 0.2) is 26.4 Å². The maximum atomic E-state index is 14.9. The standard InChI is InChI=1S/C25H27FN3O4S/c1-16-11-17(14-28-25(16)34(2,30)31)19-6-8-27-22-13-21(26)23(12-20(19)22)33-18-7-9-29(15-18)24-5-3-4-10-32-24/h3,6,8,11-14,18,24H,4-5,7,9-10,15H2,1-2H3/t18-,24?/m0/s1. The van der Waals surface area contributed by atoms with Gasteiger partial charge < -0.3 is 9.47 Å². The molecule has 0 amide bonds. The third-order valence-electron chi connectivity index (χ3n) is 6.37. The number of pyridine rings is 2. The van der Waals surface area contributed by atoms with E-state index in [0.29, 0.717) is 23.0 Å². The molecule has 0 bridgehead atoms. The summed E-state index contributed by atoms with van der Waals surface area (Å²) in [6.45, 7) is 3.99. The summed E-state index contributed by atoms with van der Waals surface area (Å²) in [7, 11) is -3.42. The zero-order chi connectivity index (χ0) is 23.9. The first-order valence-corrected chi connectivity index (χ1v) is 13.3. The molecule has 3 aromatic rings. The molecule has 0 aliphatic carbocycles. The second-order valence-electron chi connectivity index (χ2n) is 8.94. The molecule has 4 heterocycles. The van der Waals surface area contributed by atoms with Crippen molar-refractivity contribution in [1.29, 1.82) is 0 Å². The summed E-state index contributed by atoms with van der Waals surface area (Å²) in [4.78, 5) is 10.7. The molecular formula is C25H27FN3O4S. The highest BCUT2D eigenvalue weighted by atomic mass is 32.2. The van der Waals surface area contributed by atoms with E-state index in [4.69, 9.17) is 9.47 Å². The lowest BCUT2D eigenvalue weighted by molar-refractivity contribution is -0.0661. The van der Waals surface area contributed by atoms with E-state index in [2.05, 4.69) is 21.3 Å². The molecule has 9 heteroatoms. The van der Waals surface area contributed by atoms with E-state index in [9.17, 15) is 12.8 Å². The van der Waals surface area contributed by atoms with Gasteiger partial charge in [-0.1, -0.05) is 0 Å². The Labute approximate surface area is 198 Å². The Bertz CT molecular complexity index is 1330. The largest absolute Gasteiger partial charge is 0.486 e. The van der Waals surface area contributed by atoms with Crippen molar-refractivity contribution in [3.63, 3.8) is 0 Å². The predicted molar refractivity (Wildman–Crippen MR) is 127 cm³/mol. The summed E-state index contributed by atoms with van der Waals surface area (Å²) in [5.74, 6) is -0.276. The lowest BCUT2D eigenvalue weighted by atomic mass is 10.0. The number of hydrogen-bond donors (Lipinski definition) is 0. The number of nitrogens with zero attached hydrogens (tertiary/aromatic N) is 3. The van der Waals surface area contributed by atoms with Gasteiger partial charge in [-0.2, -0.15) is 0 Å². The third kappa shape index (κ3) is 4.64. The first-order chi connectivity index (χ1) is 16.3. The van der Waals surface area contributed by atoms with Crippen LogP contribution in [0.5, 0.6) is 5.75 Å². The highest BCUT2D eigenvalue weighted by molar-refractivity contribution is 7.90. The molecule has 0 saturated carbocycles. The molecule has 2 aliphatic heterocycles. The third-order valence-corrected chi connectivity index (χ3v) is 7.50. The van der Waals surface area contributed by atoms with E-state index in [1.165, 1.54) is 12.3 Å². The number of aromatic nitrogens is 2. The van der Waals surface area contributed by atoms with Crippen LogP contribution in [0.1, 0.15) is 24.8 Å². The van der Waals surface area contributed by atoms with Crippen LogP contribution in [0, 0.1) is 19.2 Å². The van der Waals surface area contributed by atoms with Crippen LogP contribution in [-0.2, 0) is 14.6 Å². The Morgan fingerprint density at radius 2 is 2.09 bits per heavy atom. The van der Waals surface area contributed by atoms with Gasteiger partial charge in [-0.3, -0.25) is 9.88 Å². The zero-order valence-electron chi connectivity index (χ0n) is 19.2. The number of sulfone groups is 1. The fraction of sp³-hybridized carbons (Fsp3) is 0.400. The van der Waals surface area contributed by atoms with E-state index < -0.39 is 15.7 Å². The van der Waals surface area contributed by atoms with Crippen molar-refractivity contribution in [2.24, 2.45) is 0 Å². The summed E-state index contributed by atoms with van der Waals surface area (Å²) in [6, 6.07) is 6.65. The SMILES string of the molecule is Cc1cc(-c2ccnc3cc(F)c(O[C@H]4CCN(C5C[CH]CCO5)C4)cc23)cnc1S(C)(=O)=O. The Morgan fingerprint density at radius 3 is 2.82 bits per heavy atom. The Hall–Kier alpha value is -2.62. The molecule has 2 aliphatic rings. The maximum absolute atomic E-state index is 14.9. The number of likely N-dealkylation sites (tertiary alicyclic amines) is 1. The fourth-order valence-corrected chi connectivity index (χ4v) is 5.64. The Kier molecular flexibility index (Phi) is 6.26. The molecule has 179 valence electrons. The van der Waals surface area contributed by atoms with Crippen LogP contribution < -0.4 is 4.74 Å². The summed E-state index contributed by atoms with van der Waals surface area (Å²) in [6.07, 6.45) is 9.14. The van der Waals surface area contributed by atoms with Gasteiger partial charge in [0.2, 0.25) is 0 Å². The summed E-state index contributed by atoms with van der Waals surface area (Å²) in [5.41, 5.74) is 2.56. The molecule has 7 nitrogen and oxygen atoms in total. The lowest BCUT2D eigenvalue weighted by Gasteiger charge is -2.30. The van der Waals surface area contributed by atoms with Gasteiger partial charge in [-0.15, -0.1) is 0 Å². The molecule has 2 saturated heterocycles. The number of ether oxygens (including phenoxy) is 2. The number of aryl methyl sites for hydroxylation is 1. The van der Waals surface area contributed by atoms with Crippen LogP contribution in [0.2, 0.25) is 0 Å². The van der Waals surface area contributed by atoms with E-state index >= 15 is 0 Å². The zero-order valence-corrected chi connectivity index (χ0v) is 20.0. The van der Waals surface area contributed by atoms with Gasteiger partial charge in [0, 0.05) is 55.4 Å². The minimum atomic E-state index is -3.42. The second kappa shape index (κ2) is 9.20. The average molecular weight is 485 g/mol. The molecule has 1 radical (unpaired) electrons. The molecule has 2 fully saturated rings. The summed E-state index contributed by atoms with van der Waals surface area (Å²) >= 11 is 0. The first kappa shape index (κ1) is 23.1. The molecule has 34 heavy (non-hydrogen) atoms. The quantitative estimate of drug-likeness (QED) is 0.543. The van der Waals surface area contributed by atoms with Crippen LogP contribution in [-0.4, -0.2) is 61.6 Å². The van der Waals surface area contributed by atoms with Crippen molar-refractivity contribution in [1.82, 2.24) is 14.9 Å². The number of rotatable bonds is 5. The van der Waals surface area contributed by atoms with Crippen molar-refractivity contribution < 1.29 is 22.3 Å².